The van der Waals surface area contributed by atoms with E-state index < -0.39 is 0 Å². The highest BCUT2D eigenvalue weighted by Gasteiger charge is 2.30. The molecule has 1 heterocycles. The van der Waals surface area contributed by atoms with Crippen molar-refractivity contribution in [1.29, 1.82) is 0 Å². The lowest BCUT2D eigenvalue weighted by atomic mass is 10.1. The molecule has 0 fully saturated rings. The molecule has 2 amide bonds. The van der Waals surface area contributed by atoms with Gasteiger partial charge in [-0.3, -0.25) is 9.59 Å². The first-order chi connectivity index (χ1) is 12.0. The molecule has 0 N–H and O–H groups in total. The third-order valence-corrected chi connectivity index (χ3v) is 4.81. The fourth-order valence-corrected chi connectivity index (χ4v) is 3.59. The second kappa shape index (κ2) is 7.09. The fraction of sp³-hybridized carbons (Fsp3) is 0.333. The topological polar surface area (TPSA) is 40.6 Å². The summed E-state index contributed by atoms with van der Waals surface area (Å²) in [6.07, 6.45) is 1.20. The van der Waals surface area contributed by atoms with Gasteiger partial charge in [-0.15, -0.1) is 0 Å². The summed E-state index contributed by atoms with van der Waals surface area (Å²) >= 11 is 0. The summed E-state index contributed by atoms with van der Waals surface area (Å²) in [5.74, 6) is 0.0225. The van der Waals surface area contributed by atoms with Gasteiger partial charge in [-0.1, -0.05) is 36.4 Å². The van der Waals surface area contributed by atoms with Crippen molar-refractivity contribution >= 4 is 23.2 Å². The number of hydrogen-bond acceptors (Lipinski definition) is 2. The van der Waals surface area contributed by atoms with Crippen molar-refractivity contribution in [2.24, 2.45) is 0 Å². The lowest BCUT2D eigenvalue weighted by molar-refractivity contribution is -0.119. The Morgan fingerprint density at radius 3 is 2.52 bits per heavy atom. The highest BCUT2D eigenvalue weighted by Crippen LogP contribution is 2.32. The lowest BCUT2D eigenvalue weighted by Gasteiger charge is -2.26. The van der Waals surface area contributed by atoms with Crippen molar-refractivity contribution in [3.05, 3.63) is 59.7 Å². The quantitative estimate of drug-likeness (QED) is 0.854. The number of benzene rings is 2. The molecule has 25 heavy (non-hydrogen) atoms. The first-order valence-corrected chi connectivity index (χ1v) is 8.72. The fourth-order valence-electron chi connectivity index (χ4n) is 3.59. The number of fused-ring (bicyclic) bond motifs is 1. The van der Waals surface area contributed by atoms with Crippen LogP contribution in [0, 0.1) is 6.92 Å². The highest BCUT2D eigenvalue weighted by atomic mass is 16.2. The smallest absolute Gasteiger partial charge is 0.229 e. The molecule has 0 bridgehead atoms. The maximum atomic E-state index is 12.8. The number of para-hydroxylation sites is 2. The SMILES string of the molecule is CC(=O)N(CCC(=O)N1c2ccccc2CC1C)c1ccccc1C. The monoisotopic (exact) mass is 336 g/mol. The van der Waals surface area contributed by atoms with Crippen molar-refractivity contribution < 1.29 is 9.59 Å². The molecule has 4 nitrogen and oxygen atoms in total. The molecule has 0 spiro atoms. The van der Waals surface area contributed by atoms with Gasteiger partial charge in [-0.25, -0.2) is 0 Å². The second-order valence-electron chi connectivity index (χ2n) is 6.65. The number of hydrogen-bond donors (Lipinski definition) is 0. The molecule has 2 aromatic carbocycles. The van der Waals surface area contributed by atoms with E-state index in [-0.39, 0.29) is 17.9 Å². The molecule has 1 aliphatic heterocycles. The molecule has 4 heteroatoms. The molecule has 1 aliphatic rings. The minimum atomic E-state index is -0.0445. The van der Waals surface area contributed by atoms with E-state index in [1.807, 2.05) is 54.3 Å². The Bertz CT molecular complexity index is 800. The van der Waals surface area contributed by atoms with Crippen molar-refractivity contribution in [2.75, 3.05) is 16.3 Å². The molecule has 2 aromatic rings. The number of aryl methyl sites for hydroxylation is 1. The van der Waals surface area contributed by atoms with Crippen molar-refractivity contribution in [3.8, 4) is 0 Å². The van der Waals surface area contributed by atoms with Gasteiger partial charge < -0.3 is 9.80 Å². The van der Waals surface area contributed by atoms with Crippen molar-refractivity contribution in [3.63, 3.8) is 0 Å². The number of anilines is 2. The van der Waals surface area contributed by atoms with Crippen molar-refractivity contribution in [1.82, 2.24) is 0 Å². The molecule has 0 radical (unpaired) electrons. The Hall–Kier alpha value is -2.62. The van der Waals surface area contributed by atoms with Gasteiger partial charge in [0.25, 0.3) is 0 Å². The van der Waals surface area contributed by atoms with Gasteiger partial charge in [0.1, 0.15) is 0 Å². The van der Waals surface area contributed by atoms with Gasteiger partial charge in [-0.05, 0) is 43.5 Å². The average molecular weight is 336 g/mol. The molecule has 1 atom stereocenters. The average Bonchev–Trinajstić information content (AvgIpc) is 2.92. The van der Waals surface area contributed by atoms with Crippen LogP contribution in [0.4, 0.5) is 11.4 Å². The molecular formula is C21H24N2O2. The van der Waals surface area contributed by atoms with E-state index in [4.69, 9.17) is 0 Å². The number of carbonyl (C=O) groups excluding carboxylic acids is 2. The van der Waals surface area contributed by atoms with Gasteiger partial charge in [0.15, 0.2) is 0 Å². The second-order valence-corrected chi connectivity index (χ2v) is 6.65. The van der Waals surface area contributed by atoms with E-state index in [0.29, 0.717) is 13.0 Å². The molecule has 130 valence electrons. The van der Waals surface area contributed by atoms with Gasteiger partial charge in [0, 0.05) is 37.3 Å². The van der Waals surface area contributed by atoms with E-state index in [1.165, 1.54) is 5.56 Å². The maximum absolute atomic E-state index is 12.8. The van der Waals surface area contributed by atoms with Crippen LogP contribution in [0.5, 0.6) is 0 Å². The Morgan fingerprint density at radius 1 is 1.12 bits per heavy atom. The zero-order chi connectivity index (χ0) is 18.0. The first kappa shape index (κ1) is 17.2. The molecule has 1 unspecified atom stereocenters. The van der Waals surface area contributed by atoms with Crippen LogP contribution in [0.15, 0.2) is 48.5 Å². The maximum Gasteiger partial charge on any atom is 0.229 e. The Balaban J connectivity index is 1.75. The van der Waals surface area contributed by atoms with Crippen LogP contribution in [-0.4, -0.2) is 24.4 Å². The number of amides is 2. The molecular weight excluding hydrogens is 312 g/mol. The summed E-state index contributed by atoms with van der Waals surface area (Å²) in [6, 6.07) is 16.0. The lowest BCUT2D eigenvalue weighted by Crippen LogP contribution is -2.39. The standard InChI is InChI=1S/C21H24N2O2/c1-15-8-4-6-10-19(15)22(17(3)24)13-12-21(25)23-16(2)14-18-9-5-7-11-20(18)23/h4-11,16H,12-14H2,1-3H3. The normalized spacial score (nSPS) is 15.8. The van der Waals surface area contributed by atoms with E-state index in [2.05, 4.69) is 13.0 Å². The Morgan fingerprint density at radius 2 is 1.80 bits per heavy atom. The van der Waals surface area contributed by atoms with Gasteiger partial charge in [0.2, 0.25) is 11.8 Å². The molecule has 0 saturated heterocycles. The summed E-state index contributed by atoms with van der Waals surface area (Å²) in [7, 11) is 0. The van der Waals surface area contributed by atoms with Crippen molar-refractivity contribution in [2.45, 2.75) is 39.7 Å². The van der Waals surface area contributed by atoms with E-state index in [9.17, 15) is 9.59 Å². The molecule has 3 rings (SSSR count). The number of carbonyl (C=O) groups is 2. The highest BCUT2D eigenvalue weighted by molar-refractivity contribution is 5.98. The zero-order valence-electron chi connectivity index (χ0n) is 15.0. The van der Waals surface area contributed by atoms with Gasteiger partial charge >= 0.3 is 0 Å². The Kier molecular flexibility index (Phi) is 4.88. The van der Waals surface area contributed by atoms with Crippen LogP contribution in [0.1, 0.15) is 31.4 Å². The summed E-state index contributed by atoms with van der Waals surface area (Å²) in [4.78, 5) is 28.5. The van der Waals surface area contributed by atoms with Crippen LogP contribution in [0.3, 0.4) is 0 Å². The van der Waals surface area contributed by atoms with E-state index in [1.54, 1.807) is 11.8 Å². The molecule has 0 aliphatic carbocycles. The summed E-state index contributed by atoms with van der Waals surface area (Å²) in [5.41, 5.74) is 4.12. The first-order valence-electron chi connectivity index (χ1n) is 8.72. The Labute approximate surface area is 149 Å². The van der Waals surface area contributed by atoms with Crippen LogP contribution in [0.25, 0.3) is 0 Å². The van der Waals surface area contributed by atoms with E-state index in [0.717, 1.165) is 23.4 Å². The van der Waals surface area contributed by atoms with Crippen LogP contribution in [0.2, 0.25) is 0 Å². The third kappa shape index (κ3) is 3.43. The predicted molar refractivity (Wildman–Crippen MR) is 101 cm³/mol. The van der Waals surface area contributed by atoms with Gasteiger partial charge in [-0.2, -0.15) is 0 Å². The van der Waals surface area contributed by atoms with Gasteiger partial charge in [0.05, 0.1) is 0 Å². The van der Waals surface area contributed by atoms with Crippen LogP contribution in [-0.2, 0) is 16.0 Å². The summed E-state index contributed by atoms with van der Waals surface area (Å²) < 4.78 is 0. The van der Waals surface area contributed by atoms with E-state index >= 15 is 0 Å². The largest absolute Gasteiger partial charge is 0.312 e. The third-order valence-electron chi connectivity index (χ3n) is 4.81. The summed E-state index contributed by atoms with van der Waals surface area (Å²) in [6.45, 7) is 5.99. The number of rotatable bonds is 4. The predicted octanol–water partition coefficient (Wildman–Crippen LogP) is 3.72. The van der Waals surface area contributed by atoms with Crippen LogP contribution >= 0.6 is 0 Å². The summed E-state index contributed by atoms with van der Waals surface area (Å²) in [5, 5.41) is 0. The zero-order valence-corrected chi connectivity index (χ0v) is 15.0. The molecule has 0 saturated carbocycles. The number of nitrogens with zero attached hydrogens (tertiary/aromatic N) is 2. The minimum absolute atomic E-state index is 0.0445. The molecule has 0 aromatic heterocycles. The minimum Gasteiger partial charge on any atom is -0.312 e. The van der Waals surface area contributed by atoms with Crippen LogP contribution < -0.4 is 9.80 Å².